The first-order chi connectivity index (χ1) is 8.00. The minimum absolute atomic E-state index is 0.178. The number of rotatable bonds is 5. The monoisotopic (exact) mass is 239 g/mol. The van der Waals surface area contributed by atoms with Crippen molar-refractivity contribution in [1.29, 1.82) is 0 Å². The van der Waals surface area contributed by atoms with Gasteiger partial charge < -0.3 is 10.1 Å². The number of carbonyl (C=O) groups is 1. The zero-order valence-corrected chi connectivity index (χ0v) is 10.4. The molecule has 94 valence electrons. The summed E-state index contributed by atoms with van der Waals surface area (Å²) >= 11 is 0. The molecule has 17 heavy (non-hydrogen) atoms. The zero-order valence-electron chi connectivity index (χ0n) is 10.4. The summed E-state index contributed by atoms with van der Waals surface area (Å²) in [4.78, 5) is 11.7. The second kappa shape index (κ2) is 6.35. The van der Waals surface area contributed by atoms with Crippen LogP contribution in [0.2, 0.25) is 0 Å². The van der Waals surface area contributed by atoms with Crippen molar-refractivity contribution in [3.8, 4) is 0 Å². The molecule has 0 saturated carbocycles. The number of carbonyl (C=O) groups excluding carboxylic acids is 1. The molecule has 0 spiro atoms. The molecule has 0 saturated heterocycles. The van der Waals surface area contributed by atoms with Gasteiger partial charge in [0.15, 0.2) is 0 Å². The van der Waals surface area contributed by atoms with E-state index in [0.29, 0.717) is 12.5 Å². The minimum atomic E-state index is -0.586. The van der Waals surface area contributed by atoms with E-state index < -0.39 is 11.9 Å². The van der Waals surface area contributed by atoms with E-state index in [4.69, 9.17) is 4.74 Å². The molecule has 1 atom stereocenters. The predicted molar refractivity (Wildman–Crippen MR) is 65.3 cm³/mol. The molecule has 3 nitrogen and oxygen atoms in total. The van der Waals surface area contributed by atoms with Crippen molar-refractivity contribution in [3.63, 3.8) is 0 Å². The summed E-state index contributed by atoms with van der Waals surface area (Å²) in [5, 5.41) is 2.49. The van der Waals surface area contributed by atoms with E-state index in [1.54, 1.807) is 19.1 Å². The molecular formula is C13H18FNO2. The van der Waals surface area contributed by atoms with Crippen LogP contribution in [0.1, 0.15) is 20.8 Å². The highest BCUT2D eigenvalue weighted by molar-refractivity contribution is 5.93. The van der Waals surface area contributed by atoms with Crippen LogP contribution in [0.4, 0.5) is 10.1 Å². The van der Waals surface area contributed by atoms with Crippen LogP contribution in [0, 0.1) is 11.7 Å². The van der Waals surface area contributed by atoms with Crippen LogP contribution in [-0.2, 0) is 9.53 Å². The van der Waals surface area contributed by atoms with Gasteiger partial charge in [0.2, 0.25) is 0 Å². The molecule has 4 heteroatoms. The van der Waals surface area contributed by atoms with Gasteiger partial charge in [-0.2, -0.15) is 0 Å². The molecule has 1 amide bonds. The summed E-state index contributed by atoms with van der Waals surface area (Å²) in [6.07, 6.45) is -0.586. The highest BCUT2D eigenvalue weighted by Crippen LogP contribution is 2.13. The van der Waals surface area contributed by atoms with Gasteiger partial charge >= 0.3 is 0 Å². The van der Waals surface area contributed by atoms with E-state index in [-0.39, 0.29) is 11.6 Å². The van der Waals surface area contributed by atoms with Crippen LogP contribution in [0.25, 0.3) is 0 Å². The van der Waals surface area contributed by atoms with Gasteiger partial charge in [-0.3, -0.25) is 4.79 Å². The predicted octanol–water partition coefficient (Wildman–Crippen LogP) is 2.83. The Kier molecular flexibility index (Phi) is 5.10. The van der Waals surface area contributed by atoms with Crippen LogP contribution in [0.5, 0.6) is 0 Å². The van der Waals surface area contributed by atoms with E-state index in [9.17, 15) is 9.18 Å². The van der Waals surface area contributed by atoms with Gasteiger partial charge in [0.1, 0.15) is 11.9 Å². The number of hydrogen-bond acceptors (Lipinski definition) is 2. The van der Waals surface area contributed by atoms with Crippen molar-refractivity contribution in [1.82, 2.24) is 0 Å². The summed E-state index contributed by atoms with van der Waals surface area (Å²) < 4.78 is 18.6. The number of benzene rings is 1. The highest BCUT2D eigenvalue weighted by atomic mass is 19.1. The number of para-hydroxylation sites is 1. The molecule has 0 bridgehead atoms. The smallest absolute Gasteiger partial charge is 0.253 e. The van der Waals surface area contributed by atoms with Crippen LogP contribution in [0.3, 0.4) is 0 Å². The molecule has 1 aromatic carbocycles. The third-order valence-corrected chi connectivity index (χ3v) is 2.18. The number of halogens is 1. The Morgan fingerprint density at radius 2 is 2.00 bits per heavy atom. The molecule has 0 aliphatic rings. The topological polar surface area (TPSA) is 38.3 Å². The lowest BCUT2D eigenvalue weighted by Crippen LogP contribution is -2.29. The van der Waals surface area contributed by atoms with E-state index in [2.05, 4.69) is 5.32 Å². The average Bonchev–Trinajstić information content (AvgIpc) is 2.28. The second-order valence-corrected chi connectivity index (χ2v) is 4.34. The van der Waals surface area contributed by atoms with Crippen LogP contribution in [-0.4, -0.2) is 18.6 Å². The van der Waals surface area contributed by atoms with Crippen molar-refractivity contribution < 1.29 is 13.9 Å². The molecule has 0 heterocycles. The quantitative estimate of drug-likeness (QED) is 0.858. The third kappa shape index (κ3) is 4.53. The Bertz CT molecular complexity index is 379. The fourth-order valence-corrected chi connectivity index (χ4v) is 1.21. The number of amides is 1. The minimum Gasteiger partial charge on any atom is -0.368 e. The summed E-state index contributed by atoms with van der Waals surface area (Å²) in [6.45, 7) is 6.16. The lowest BCUT2D eigenvalue weighted by molar-refractivity contribution is -0.126. The van der Waals surface area contributed by atoms with Crippen molar-refractivity contribution in [2.24, 2.45) is 5.92 Å². The molecule has 0 aromatic heterocycles. The molecule has 0 aliphatic heterocycles. The van der Waals surface area contributed by atoms with Crippen LogP contribution >= 0.6 is 0 Å². The Labute approximate surface area is 101 Å². The average molecular weight is 239 g/mol. The first kappa shape index (κ1) is 13.6. The maximum Gasteiger partial charge on any atom is 0.253 e. The first-order valence-electron chi connectivity index (χ1n) is 5.67. The summed E-state index contributed by atoms with van der Waals surface area (Å²) in [6, 6.07) is 6.06. The fraction of sp³-hybridized carbons (Fsp3) is 0.462. The van der Waals surface area contributed by atoms with Gasteiger partial charge in [0.25, 0.3) is 5.91 Å². The zero-order chi connectivity index (χ0) is 12.8. The largest absolute Gasteiger partial charge is 0.368 e. The SMILES string of the molecule is CC(C)CO[C@H](C)C(=O)Nc1ccccc1F. The van der Waals surface area contributed by atoms with Crippen molar-refractivity contribution in [3.05, 3.63) is 30.1 Å². The Morgan fingerprint density at radius 3 is 2.59 bits per heavy atom. The molecule has 1 aromatic rings. The van der Waals surface area contributed by atoms with Gasteiger partial charge in [-0.25, -0.2) is 4.39 Å². The lowest BCUT2D eigenvalue weighted by Gasteiger charge is -2.15. The number of nitrogens with one attached hydrogen (secondary N) is 1. The van der Waals surface area contributed by atoms with E-state index in [1.807, 2.05) is 13.8 Å². The first-order valence-corrected chi connectivity index (χ1v) is 5.67. The summed E-state index contributed by atoms with van der Waals surface area (Å²) in [5.74, 6) is -0.425. The maximum absolute atomic E-state index is 13.3. The Balaban J connectivity index is 2.52. The molecule has 0 unspecified atom stereocenters. The van der Waals surface area contributed by atoms with Crippen LogP contribution in [0.15, 0.2) is 24.3 Å². The Hall–Kier alpha value is -1.42. The third-order valence-electron chi connectivity index (χ3n) is 2.18. The molecular weight excluding hydrogens is 221 g/mol. The number of ether oxygens (including phenoxy) is 1. The van der Waals surface area contributed by atoms with Crippen molar-refractivity contribution in [2.45, 2.75) is 26.9 Å². The van der Waals surface area contributed by atoms with Gasteiger partial charge in [-0.15, -0.1) is 0 Å². The molecule has 0 fully saturated rings. The highest BCUT2D eigenvalue weighted by Gasteiger charge is 2.15. The fourth-order valence-electron chi connectivity index (χ4n) is 1.21. The van der Waals surface area contributed by atoms with E-state index in [1.165, 1.54) is 12.1 Å². The molecule has 1 rings (SSSR count). The maximum atomic E-state index is 13.3. The molecule has 0 radical (unpaired) electrons. The Morgan fingerprint density at radius 1 is 1.35 bits per heavy atom. The molecule has 1 N–H and O–H groups in total. The number of anilines is 1. The van der Waals surface area contributed by atoms with E-state index in [0.717, 1.165) is 0 Å². The number of hydrogen-bond donors (Lipinski definition) is 1. The van der Waals surface area contributed by atoms with E-state index >= 15 is 0 Å². The van der Waals surface area contributed by atoms with Gasteiger partial charge in [0, 0.05) is 6.61 Å². The summed E-state index contributed by atoms with van der Waals surface area (Å²) in [5.41, 5.74) is 0.178. The lowest BCUT2D eigenvalue weighted by atomic mass is 10.2. The van der Waals surface area contributed by atoms with Crippen LogP contribution < -0.4 is 5.32 Å². The van der Waals surface area contributed by atoms with Crippen molar-refractivity contribution >= 4 is 11.6 Å². The van der Waals surface area contributed by atoms with Gasteiger partial charge in [-0.05, 0) is 25.0 Å². The van der Waals surface area contributed by atoms with Gasteiger partial charge in [-0.1, -0.05) is 26.0 Å². The summed E-state index contributed by atoms with van der Waals surface area (Å²) in [7, 11) is 0. The standard InChI is InChI=1S/C13H18FNO2/c1-9(2)8-17-10(3)13(16)15-12-7-5-4-6-11(12)14/h4-7,9-10H,8H2,1-3H3,(H,15,16)/t10-/m1/s1. The van der Waals surface area contributed by atoms with Crippen molar-refractivity contribution in [2.75, 3.05) is 11.9 Å². The normalized spacial score (nSPS) is 12.5. The van der Waals surface area contributed by atoms with Gasteiger partial charge in [0.05, 0.1) is 5.69 Å². The second-order valence-electron chi connectivity index (χ2n) is 4.34. The molecule has 0 aliphatic carbocycles.